The number of ether oxygens (including phenoxy) is 1. The van der Waals surface area contributed by atoms with Crippen molar-refractivity contribution >= 4 is 28.7 Å². The van der Waals surface area contributed by atoms with Crippen LogP contribution in [0.25, 0.3) is 11.0 Å². The van der Waals surface area contributed by atoms with E-state index >= 15 is 0 Å². The Bertz CT molecular complexity index is 754. The van der Waals surface area contributed by atoms with E-state index in [0.29, 0.717) is 24.7 Å². The molecule has 3 heterocycles. The van der Waals surface area contributed by atoms with Crippen molar-refractivity contribution in [3.8, 4) is 0 Å². The average Bonchev–Trinajstić information content (AvgIpc) is 3.01. The summed E-state index contributed by atoms with van der Waals surface area (Å²) in [5, 5.41) is 5.39. The van der Waals surface area contributed by atoms with Gasteiger partial charge in [0.05, 0.1) is 24.2 Å². The molecule has 0 N–H and O–H groups in total. The van der Waals surface area contributed by atoms with Gasteiger partial charge in [0, 0.05) is 12.7 Å². The number of likely N-dealkylation sites (tertiary alicyclic amines) is 1. The average molecular weight is 352 g/mol. The Morgan fingerprint density at radius 3 is 2.88 bits per heavy atom. The Kier molecular flexibility index (Phi) is 4.38. The van der Waals surface area contributed by atoms with Crippen LogP contribution in [0.4, 0.5) is 4.79 Å². The van der Waals surface area contributed by atoms with Gasteiger partial charge in [-0.25, -0.2) is 14.5 Å². The summed E-state index contributed by atoms with van der Waals surface area (Å²) in [6, 6.07) is 0.0201. The van der Waals surface area contributed by atoms with Gasteiger partial charge in [0.2, 0.25) is 5.28 Å². The zero-order valence-electron chi connectivity index (χ0n) is 14.4. The minimum absolute atomic E-state index is 0.0201. The summed E-state index contributed by atoms with van der Waals surface area (Å²) < 4.78 is 7.32. The summed E-state index contributed by atoms with van der Waals surface area (Å²) in [5.41, 5.74) is 0.172. The summed E-state index contributed by atoms with van der Waals surface area (Å²) >= 11 is 5.89. The molecule has 1 aliphatic heterocycles. The lowest BCUT2D eigenvalue weighted by Gasteiger charge is -2.28. The lowest BCUT2D eigenvalue weighted by molar-refractivity contribution is 0.0208. The van der Waals surface area contributed by atoms with E-state index in [0.717, 1.165) is 11.8 Å². The maximum absolute atomic E-state index is 12.5. The molecule has 8 heteroatoms. The van der Waals surface area contributed by atoms with Crippen molar-refractivity contribution in [2.75, 3.05) is 6.54 Å². The normalized spacial score (nSPS) is 21.5. The second kappa shape index (κ2) is 6.20. The number of rotatable bonds is 2. The molecular formula is C16H22ClN5O2. The predicted molar refractivity (Wildman–Crippen MR) is 90.8 cm³/mol. The minimum atomic E-state index is -0.507. The highest BCUT2D eigenvalue weighted by Crippen LogP contribution is 2.27. The van der Waals surface area contributed by atoms with Gasteiger partial charge in [-0.15, -0.1) is 0 Å². The monoisotopic (exact) mass is 351 g/mol. The van der Waals surface area contributed by atoms with Crippen LogP contribution in [0.5, 0.6) is 0 Å². The summed E-state index contributed by atoms with van der Waals surface area (Å²) in [5.74, 6) is 0.419. The van der Waals surface area contributed by atoms with E-state index in [1.165, 1.54) is 0 Å². The number of fused-ring (bicyclic) bond motifs is 1. The second-order valence-electron chi connectivity index (χ2n) is 7.37. The van der Waals surface area contributed by atoms with Crippen molar-refractivity contribution in [2.24, 2.45) is 5.92 Å². The summed E-state index contributed by atoms with van der Waals surface area (Å²) in [4.78, 5) is 22.5. The minimum Gasteiger partial charge on any atom is -0.444 e. The third-order valence-corrected chi connectivity index (χ3v) is 4.16. The maximum Gasteiger partial charge on any atom is 0.410 e. The molecule has 1 aliphatic rings. The molecule has 0 spiro atoms. The largest absolute Gasteiger partial charge is 0.444 e. The van der Waals surface area contributed by atoms with Crippen LogP contribution in [-0.2, 0) is 11.3 Å². The van der Waals surface area contributed by atoms with Gasteiger partial charge in [0.25, 0.3) is 0 Å². The van der Waals surface area contributed by atoms with E-state index in [1.54, 1.807) is 22.0 Å². The number of aromatic nitrogens is 4. The molecule has 130 valence electrons. The molecule has 0 unspecified atom stereocenters. The van der Waals surface area contributed by atoms with Gasteiger partial charge in [0.1, 0.15) is 5.60 Å². The topological polar surface area (TPSA) is 73.1 Å². The van der Waals surface area contributed by atoms with E-state index < -0.39 is 5.60 Å². The number of carbonyl (C=O) groups excluding carboxylic acids is 1. The fourth-order valence-corrected chi connectivity index (χ4v) is 3.18. The Hall–Kier alpha value is -1.89. The van der Waals surface area contributed by atoms with Crippen molar-refractivity contribution < 1.29 is 9.53 Å². The van der Waals surface area contributed by atoms with Crippen molar-refractivity contribution in [1.29, 1.82) is 0 Å². The maximum atomic E-state index is 12.5. The van der Waals surface area contributed by atoms with E-state index in [1.807, 2.05) is 20.8 Å². The van der Waals surface area contributed by atoms with E-state index in [9.17, 15) is 4.79 Å². The molecule has 0 bridgehead atoms. The third-order valence-electron chi connectivity index (χ3n) is 3.98. The van der Waals surface area contributed by atoms with E-state index in [4.69, 9.17) is 16.3 Å². The van der Waals surface area contributed by atoms with Crippen molar-refractivity contribution in [2.45, 2.75) is 52.3 Å². The van der Waals surface area contributed by atoms with Crippen LogP contribution in [0.1, 0.15) is 34.1 Å². The Morgan fingerprint density at radius 1 is 1.42 bits per heavy atom. The van der Waals surface area contributed by atoms with Crippen molar-refractivity contribution in [3.63, 3.8) is 0 Å². The fourth-order valence-electron chi connectivity index (χ4n) is 3.05. The van der Waals surface area contributed by atoms with Gasteiger partial charge in [-0.05, 0) is 44.7 Å². The number of amides is 1. The van der Waals surface area contributed by atoms with E-state index in [-0.39, 0.29) is 17.4 Å². The molecular weight excluding hydrogens is 330 g/mol. The fraction of sp³-hybridized carbons (Fsp3) is 0.625. The molecule has 7 nitrogen and oxygen atoms in total. The highest BCUT2D eigenvalue weighted by molar-refractivity contribution is 6.28. The van der Waals surface area contributed by atoms with Gasteiger partial charge in [-0.3, -0.25) is 0 Å². The molecule has 2 aromatic heterocycles. The van der Waals surface area contributed by atoms with Crippen LogP contribution < -0.4 is 0 Å². The first-order valence-electron chi connectivity index (χ1n) is 8.06. The summed E-state index contributed by atoms with van der Waals surface area (Å²) in [7, 11) is 0. The Labute approximate surface area is 146 Å². The molecule has 1 fully saturated rings. The smallest absolute Gasteiger partial charge is 0.410 e. The zero-order valence-corrected chi connectivity index (χ0v) is 15.1. The number of carbonyl (C=O) groups is 1. The highest BCUT2D eigenvalue weighted by Gasteiger charge is 2.36. The standard InChI is InChI=1S/C16H22ClN5O2/c1-10-5-12(21(8-10)15(23)24-16(2,3)4)9-22-13-11(7-19-22)6-18-14(17)20-13/h6-7,10,12H,5,8-9H2,1-4H3/t10-,12-/m0/s1. The molecule has 1 saturated heterocycles. The quantitative estimate of drug-likeness (QED) is 0.777. The molecule has 1 amide bonds. The van der Waals surface area contributed by atoms with Crippen LogP contribution in [0, 0.1) is 5.92 Å². The zero-order chi connectivity index (χ0) is 17.5. The molecule has 0 radical (unpaired) electrons. The predicted octanol–water partition coefficient (Wildman–Crippen LogP) is 3.13. The van der Waals surface area contributed by atoms with Gasteiger partial charge in [-0.1, -0.05) is 6.92 Å². The van der Waals surface area contributed by atoms with Crippen molar-refractivity contribution in [3.05, 3.63) is 17.7 Å². The summed E-state index contributed by atoms with van der Waals surface area (Å²) in [6.07, 6.45) is 3.99. The second-order valence-corrected chi connectivity index (χ2v) is 7.71. The summed E-state index contributed by atoms with van der Waals surface area (Å²) in [6.45, 7) is 9.00. The third kappa shape index (κ3) is 3.61. The number of halogens is 1. The Balaban J connectivity index is 1.81. The van der Waals surface area contributed by atoms with Crippen molar-refractivity contribution in [1.82, 2.24) is 24.6 Å². The first-order chi connectivity index (χ1) is 11.2. The van der Waals surface area contributed by atoms with Crippen LogP contribution in [0.3, 0.4) is 0 Å². The van der Waals surface area contributed by atoms with E-state index in [2.05, 4.69) is 22.0 Å². The SMILES string of the molecule is C[C@H]1C[C@@H](Cn2ncc3cnc(Cl)nc32)N(C(=O)OC(C)(C)C)C1. The molecule has 0 aromatic carbocycles. The van der Waals surface area contributed by atoms with Gasteiger partial charge >= 0.3 is 6.09 Å². The van der Waals surface area contributed by atoms with Gasteiger partial charge in [0.15, 0.2) is 5.65 Å². The molecule has 2 aromatic rings. The number of hydrogen-bond acceptors (Lipinski definition) is 5. The molecule has 3 rings (SSSR count). The molecule has 2 atom stereocenters. The van der Waals surface area contributed by atoms with Crippen LogP contribution >= 0.6 is 11.6 Å². The molecule has 24 heavy (non-hydrogen) atoms. The van der Waals surface area contributed by atoms with Crippen LogP contribution in [0.15, 0.2) is 12.4 Å². The number of nitrogens with zero attached hydrogens (tertiary/aromatic N) is 5. The Morgan fingerprint density at radius 2 is 2.17 bits per heavy atom. The van der Waals surface area contributed by atoms with Gasteiger partial charge < -0.3 is 9.64 Å². The molecule has 0 aliphatic carbocycles. The lowest BCUT2D eigenvalue weighted by Crippen LogP contribution is -2.41. The first kappa shape index (κ1) is 17.0. The number of hydrogen-bond donors (Lipinski definition) is 0. The lowest BCUT2D eigenvalue weighted by atomic mass is 10.1. The molecule has 0 saturated carbocycles. The van der Waals surface area contributed by atoms with Gasteiger partial charge in [-0.2, -0.15) is 10.1 Å². The first-order valence-corrected chi connectivity index (χ1v) is 8.44. The van der Waals surface area contributed by atoms with Crippen LogP contribution in [-0.4, -0.2) is 48.9 Å². The van der Waals surface area contributed by atoms with Crippen LogP contribution in [0.2, 0.25) is 5.28 Å². The highest BCUT2D eigenvalue weighted by atomic mass is 35.5.